The molecule has 0 unspecified atom stereocenters. The van der Waals surface area contributed by atoms with Crippen LogP contribution in [0.1, 0.15) is 0 Å². The lowest BCUT2D eigenvalue weighted by Gasteiger charge is -2.17. The number of fused-ring (bicyclic) bond motifs is 1. The van der Waals surface area contributed by atoms with Gasteiger partial charge in [0.05, 0.1) is 6.26 Å². The topological polar surface area (TPSA) is 53.7 Å². The van der Waals surface area contributed by atoms with Gasteiger partial charge in [0.15, 0.2) is 0 Å². The molecular weight excluding hydrogens is 194 g/mol. The molecule has 15 heavy (non-hydrogen) atoms. The number of hydrogen-bond acceptors (Lipinski definition) is 3. The molecule has 0 amide bonds. The maximum absolute atomic E-state index is 10.6. The summed E-state index contributed by atoms with van der Waals surface area (Å²) in [6, 6.07) is 7.41. The molecule has 0 aliphatic heterocycles. The summed E-state index contributed by atoms with van der Waals surface area (Å²) in [5.74, 6) is -0.849. The third kappa shape index (κ3) is 1.79. The third-order valence-corrected chi connectivity index (χ3v) is 2.26. The van der Waals surface area contributed by atoms with Crippen LogP contribution >= 0.6 is 0 Å². The second kappa shape index (κ2) is 3.65. The molecule has 4 heteroatoms. The number of rotatable bonds is 3. The average molecular weight is 205 g/mol. The molecule has 2 aromatic rings. The van der Waals surface area contributed by atoms with Crippen molar-refractivity contribution in [2.24, 2.45) is 0 Å². The molecule has 1 aromatic heterocycles. The molecule has 0 bridgehead atoms. The summed E-state index contributed by atoms with van der Waals surface area (Å²) in [6.45, 7) is -0.0235. The zero-order valence-electron chi connectivity index (χ0n) is 8.30. The van der Waals surface area contributed by atoms with Crippen molar-refractivity contribution in [3.05, 3.63) is 30.5 Å². The zero-order valence-corrected chi connectivity index (χ0v) is 8.30. The Kier molecular flexibility index (Phi) is 2.33. The Balaban J connectivity index is 2.42. The van der Waals surface area contributed by atoms with E-state index in [0.29, 0.717) is 0 Å². The van der Waals surface area contributed by atoms with Gasteiger partial charge in [0.2, 0.25) is 0 Å². The summed E-state index contributed by atoms with van der Waals surface area (Å²) in [7, 11) is 1.75. The van der Waals surface area contributed by atoms with Crippen LogP contribution in [0.2, 0.25) is 0 Å². The number of aliphatic carboxylic acids is 1. The van der Waals surface area contributed by atoms with Crippen LogP contribution < -0.4 is 4.90 Å². The molecule has 0 radical (unpaired) electrons. The minimum Gasteiger partial charge on any atom is -0.480 e. The highest BCUT2D eigenvalue weighted by Crippen LogP contribution is 2.26. The molecule has 0 atom stereocenters. The van der Waals surface area contributed by atoms with E-state index in [0.717, 1.165) is 16.7 Å². The minimum absolute atomic E-state index is 0.0235. The van der Waals surface area contributed by atoms with E-state index in [1.807, 2.05) is 24.3 Å². The maximum atomic E-state index is 10.6. The Labute approximate surface area is 86.7 Å². The van der Waals surface area contributed by atoms with E-state index in [-0.39, 0.29) is 6.54 Å². The Morgan fingerprint density at radius 2 is 2.27 bits per heavy atom. The van der Waals surface area contributed by atoms with E-state index >= 15 is 0 Å². The van der Waals surface area contributed by atoms with Crippen molar-refractivity contribution >= 4 is 22.6 Å². The van der Waals surface area contributed by atoms with E-state index in [1.165, 1.54) is 0 Å². The third-order valence-electron chi connectivity index (χ3n) is 2.26. The van der Waals surface area contributed by atoms with Crippen LogP contribution in [0.5, 0.6) is 0 Å². The smallest absolute Gasteiger partial charge is 0.323 e. The van der Waals surface area contributed by atoms with Gasteiger partial charge in [0.1, 0.15) is 12.1 Å². The lowest BCUT2D eigenvalue weighted by molar-refractivity contribution is -0.135. The van der Waals surface area contributed by atoms with Crippen LogP contribution in [0, 0.1) is 0 Å². The van der Waals surface area contributed by atoms with E-state index < -0.39 is 5.97 Å². The lowest BCUT2D eigenvalue weighted by Crippen LogP contribution is -2.25. The second-order valence-corrected chi connectivity index (χ2v) is 3.36. The van der Waals surface area contributed by atoms with Crippen molar-refractivity contribution in [1.82, 2.24) is 0 Å². The molecule has 0 spiro atoms. The molecule has 0 fully saturated rings. The highest BCUT2D eigenvalue weighted by molar-refractivity contribution is 5.92. The minimum atomic E-state index is -0.849. The molecule has 0 saturated heterocycles. The number of carbonyl (C=O) groups is 1. The fourth-order valence-corrected chi connectivity index (χ4v) is 1.60. The molecule has 1 aromatic carbocycles. The van der Waals surface area contributed by atoms with Crippen LogP contribution in [0.4, 0.5) is 5.69 Å². The first kappa shape index (κ1) is 9.58. The Hall–Kier alpha value is -1.97. The van der Waals surface area contributed by atoms with Gasteiger partial charge in [-0.05, 0) is 18.2 Å². The number of furan rings is 1. The first-order chi connectivity index (χ1) is 7.18. The number of benzene rings is 1. The number of carboxylic acids is 1. The van der Waals surface area contributed by atoms with Crippen molar-refractivity contribution < 1.29 is 14.3 Å². The van der Waals surface area contributed by atoms with Gasteiger partial charge in [-0.1, -0.05) is 6.07 Å². The highest BCUT2D eigenvalue weighted by Gasteiger charge is 2.09. The van der Waals surface area contributed by atoms with Gasteiger partial charge in [0, 0.05) is 18.1 Å². The van der Waals surface area contributed by atoms with Crippen molar-refractivity contribution in [2.45, 2.75) is 0 Å². The molecule has 1 N–H and O–H groups in total. The summed E-state index contributed by atoms with van der Waals surface area (Å²) in [6.07, 6.45) is 1.60. The lowest BCUT2D eigenvalue weighted by atomic mass is 10.2. The van der Waals surface area contributed by atoms with E-state index in [1.54, 1.807) is 18.2 Å². The van der Waals surface area contributed by atoms with Gasteiger partial charge in [-0.15, -0.1) is 0 Å². The first-order valence-electron chi connectivity index (χ1n) is 4.57. The molecular formula is C11H11NO3. The average Bonchev–Trinajstić information content (AvgIpc) is 2.63. The van der Waals surface area contributed by atoms with Crippen LogP contribution in [0.15, 0.2) is 34.9 Å². The van der Waals surface area contributed by atoms with Gasteiger partial charge in [-0.2, -0.15) is 0 Å². The number of anilines is 1. The molecule has 2 rings (SSSR count). The van der Waals surface area contributed by atoms with Crippen LogP contribution in [0.25, 0.3) is 11.0 Å². The molecule has 78 valence electrons. The van der Waals surface area contributed by atoms with Crippen molar-refractivity contribution in [1.29, 1.82) is 0 Å². The molecule has 1 heterocycles. The SMILES string of the molecule is CN(CC(=O)O)c1cccc2occc12. The van der Waals surface area contributed by atoms with E-state index in [9.17, 15) is 4.79 Å². The van der Waals surface area contributed by atoms with Gasteiger partial charge in [0.25, 0.3) is 0 Å². The highest BCUT2D eigenvalue weighted by atomic mass is 16.4. The Morgan fingerprint density at radius 1 is 1.47 bits per heavy atom. The first-order valence-corrected chi connectivity index (χ1v) is 4.57. The Morgan fingerprint density at radius 3 is 3.00 bits per heavy atom. The van der Waals surface area contributed by atoms with Gasteiger partial charge < -0.3 is 14.4 Å². The standard InChI is InChI=1S/C11H11NO3/c1-12(7-11(13)14)9-3-2-4-10-8(9)5-6-15-10/h2-6H,7H2,1H3,(H,13,14). The van der Waals surface area contributed by atoms with Gasteiger partial charge in [-0.3, -0.25) is 4.79 Å². The van der Waals surface area contributed by atoms with Crippen LogP contribution in [0.3, 0.4) is 0 Å². The monoisotopic (exact) mass is 205 g/mol. The molecule has 0 aliphatic carbocycles. The fraction of sp³-hybridized carbons (Fsp3) is 0.182. The molecule has 0 saturated carbocycles. The van der Waals surface area contributed by atoms with Crippen molar-refractivity contribution in [3.8, 4) is 0 Å². The predicted octanol–water partition coefficient (Wildman–Crippen LogP) is 1.95. The molecule has 4 nitrogen and oxygen atoms in total. The second-order valence-electron chi connectivity index (χ2n) is 3.36. The van der Waals surface area contributed by atoms with Gasteiger partial charge >= 0.3 is 5.97 Å². The number of nitrogens with zero attached hydrogens (tertiary/aromatic N) is 1. The summed E-state index contributed by atoms with van der Waals surface area (Å²) in [4.78, 5) is 12.3. The summed E-state index contributed by atoms with van der Waals surface area (Å²) < 4.78 is 5.24. The van der Waals surface area contributed by atoms with Crippen LogP contribution in [-0.2, 0) is 4.79 Å². The van der Waals surface area contributed by atoms with Crippen molar-refractivity contribution in [2.75, 3.05) is 18.5 Å². The maximum Gasteiger partial charge on any atom is 0.323 e. The van der Waals surface area contributed by atoms with E-state index in [2.05, 4.69) is 0 Å². The van der Waals surface area contributed by atoms with Crippen molar-refractivity contribution in [3.63, 3.8) is 0 Å². The quantitative estimate of drug-likeness (QED) is 0.832. The molecule has 0 aliphatic rings. The van der Waals surface area contributed by atoms with Gasteiger partial charge in [-0.25, -0.2) is 0 Å². The summed E-state index contributed by atoms with van der Waals surface area (Å²) in [5.41, 5.74) is 1.63. The Bertz CT molecular complexity index is 489. The van der Waals surface area contributed by atoms with Crippen LogP contribution in [-0.4, -0.2) is 24.7 Å². The van der Waals surface area contributed by atoms with E-state index in [4.69, 9.17) is 9.52 Å². The largest absolute Gasteiger partial charge is 0.480 e. The zero-order chi connectivity index (χ0) is 10.8. The summed E-state index contributed by atoms with van der Waals surface area (Å²) >= 11 is 0. The number of carboxylic acid groups (broad SMARTS) is 1. The predicted molar refractivity (Wildman–Crippen MR) is 57.1 cm³/mol. The summed E-state index contributed by atoms with van der Waals surface area (Å²) in [5, 5.41) is 9.63. The number of hydrogen-bond donors (Lipinski definition) is 1. The number of likely N-dealkylation sites (N-methyl/N-ethyl adjacent to an activating group) is 1. The fourth-order valence-electron chi connectivity index (χ4n) is 1.60. The normalized spacial score (nSPS) is 10.5.